The van der Waals surface area contributed by atoms with Crippen molar-refractivity contribution in [3.8, 4) is 5.75 Å². The first-order valence-corrected chi connectivity index (χ1v) is 9.11. The minimum absolute atomic E-state index is 0.0401. The first kappa shape index (κ1) is 19.6. The summed E-state index contributed by atoms with van der Waals surface area (Å²) in [5, 5.41) is 14.4. The summed E-state index contributed by atoms with van der Waals surface area (Å²) < 4.78 is 5.11. The third-order valence-electron chi connectivity index (χ3n) is 4.89. The number of anilines is 1. The summed E-state index contributed by atoms with van der Waals surface area (Å²) >= 11 is 0. The number of amides is 1. The Morgan fingerprint density at radius 3 is 2.43 bits per heavy atom. The molecule has 148 valence electrons. The fraction of sp³-hybridized carbons (Fsp3) is 0.350. The van der Waals surface area contributed by atoms with Gasteiger partial charge in [0.25, 0.3) is 11.6 Å². The molecule has 1 saturated heterocycles. The van der Waals surface area contributed by atoms with Gasteiger partial charge in [-0.25, -0.2) is 0 Å². The van der Waals surface area contributed by atoms with Crippen molar-refractivity contribution >= 4 is 17.3 Å². The van der Waals surface area contributed by atoms with Crippen LogP contribution in [-0.4, -0.2) is 56.1 Å². The predicted molar refractivity (Wildman–Crippen MR) is 107 cm³/mol. The van der Waals surface area contributed by atoms with Gasteiger partial charge in [-0.2, -0.15) is 0 Å². The molecule has 0 spiro atoms. The number of carbonyl (C=O) groups excluding carboxylic acids is 1. The molecule has 0 aromatic heterocycles. The van der Waals surface area contributed by atoms with Crippen LogP contribution >= 0.6 is 0 Å². The molecular formula is C20H24N4O4. The van der Waals surface area contributed by atoms with E-state index in [0.717, 1.165) is 37.5 Å². The number of ether oxygens (including phenoxy) is 1. The molecule has 1 N–H and O–H groups in total. The highest BCUT2D eigenvalue weighted by Crippen LogP contribution is 2.30. The average Bonchev–Trinajstić information content (AvgIpc) is 2.72. The van der Waals surface area contributed by atoms with Gasteiger partial charge in [0.2, 0.25) is 0 Å². The zero-order chi connectivity index (χ0) is 20.1. The van der Waals surface area contributed by atoms with Crippen LogP contribution in [0.4, 0.5) is 11.4 Å². The molecule has 1 aliphatic rings. The number of nitrogens with zero attached hydrogens (tertiary/aromatic N) is 3. The lowest BCUT2D eigenvalue weighted by Gasteiger charge is -2.33. The van der Waals surface area contributed by atoms with Crippen molar-refractivity contribution < 1.29 is 14.5 Å². The summed E-state index contributed by atoms with van der Waals surface area (Å²) in [6.07, 6.45) is 0. The van der Waals surface area contributed by atoms with Crippen LogP contribution in [0.1, 0.15) is 15.9 Å². The number of benzene rings is 2. The van der Waals surface area contributed by atoms with Gasteiger partial charge in [-0.05, 0) is 36.9 Å². The number of methoxy groups -OCH3 is 1. The number of rotatable bonds is 6. The maximum absolute atomic E-state index is 12.5. The number of hydrogen-bond acceptors (Lipinski definition) is 6. The second kappa shape index (κ2) is 8.71. The average molecular weight is 384 g/mol. The maximum atomic E-state index is 12.5. The van der Waals surface area contributed by atoms with Crippen molar-refractivity contribution in [2.75, 3.05) is 45.2 Å². The van der Waals surface area contributed by atoms with Crippen LogP contribution in [0.3, 0.4) is 0 Å². The fourth-order valence-electron chi connectivity index (χ4n) is 3.15. The Balaban J connectivity index is 1.71. The van der Waals surface area contributed by atoms with E-state index in [4.69, 9.17) is 4.74 Å². The summed E-state index contributed by atoms with van der Waals surface area (Å²) in [6.45, 7) is 3.47. The largest absolute Gasteiger partial charge is 0.497 e. The zero-order valence-corrected chi connectivity index (χ0v) is 16.1. The van der Waals surface area contributed by atoms with E-state index in [1.54, 1.807) is 19.2 Å². The summed E-state index contributed by atoms with van der Waals surface area (Å²) in [5.41, 5.74) is 1.71. The van der Waals surface area contributed by atoms with Crippen LogP contribution in [0.15, 0.2) is 42.5 Å². The molecule has 2 aromatic carbocycles. The Morgan fingerprint density at radius 1 is 1.14 bits per heavy atom. The number of hydrogen-bond donors (Lipinski definition) is 1. The standard InChI is InChI=1S/C20H24N4O4/c1-22-9-11-23(12-10-22)18-8-5-16(13-19(18)24(26)27)20(25)21-14-15-3-6-17(28-2)7-4-15/h3-8,13H,9-12,14H2,1-2H3,(H,21,25). The van der Waals surface area contributed by atoms with Gasteiger partial charge < -0.3 is 19.9 Å². The highest BCUT2D eigenvalue weighted by molar-refractivity contribution is 5.95. The SMILES string of the molecule is COc1ccc(CNC(=O)c2ccc(N3CCN(C)CC3)c([N+](=O)[O-])c2)cc1. The lowest BCUT2D eigenvalue weighted by atomic mass is 10.1. The van der Waals surface area contributed by atoms with Crippen LogP contribution in [-0.2, 0) is 6.54 Å². The summed E-state index contributed by atoms with van der Waals surface area (Å²) in [4.78, 5) is 27.8. The second-order valence-electron chi connectivity index (χ2n) is 6.78. The molecule has 1 aliphatic heterocycles. The zero-order valence-electron chi connectivity index (χ0n) is 16.1. The fourth-order valence-corrected chi connectivity index (χ4v) is 3.15. The molecule has 0 bridgehead atoms. The van der Waals surface area contributed by atoms with Crippen LogP contribution in [0.5, 0.6) is 5.75 Å². The molecule has 28 heavy (non-hydrogen) atoms. The van der Waals surface area contributed by atoms with E-state index >= 15 is 0 Å². The number of nitrogens with one attached hydrogen (secondary N) is 1. The first-order chi connectivity index (χ1) is 13.5. The van der Waals surface area contributed by atoms with Gasteiger partial charge in [0, 0.05) is 44.4 Å². The molecule has 1 heterocycles. The van der Waals surface area contributed by atoms with E-state index in [1.165, 1.54) is 6.07 Å². The van der Waals surface area contributed by atoms with Crippen LogP contribution < -0.4 is 15.0 Å². The molecule has 1 amide bonds. The van der Waals surface area contributed by atoms with E-state index in [1.807, 2.05) is 36.2 Å². The highest BCUT2D eigenvalue weighted by atomic mass is 16.6. The minimum atomic E-state index is -0.423. The lowest BCUT2D eigenvalue weighted by Crippen LogP contribution is -2.44. The highest BCUT2D eigenvalue weighted by Gasteiger charge is 2.24. The number of likely N-dealkylation sites (N-methyl/N-ethyl adjacent to an activating group) is 1. The van der Waals surface area contributed by atoms with Crippen molar-refractivity contribution in [2.24, 2.45) is 0 Å². The first-order valence-electron chi connectivity index (χ1n) is 9.11. The van der Waals surface area contributed by atoms with Gasteiger partial charge in [0.15, 0.2) is 0 Å². The molecule has 2 aromatic rings. The Labute approximate surface area is 163 Å². The van der Waals surface area contributed by atoms with E-state index in [9.17, 15) is 14.9 Å². The smallest absolute Gasteiger partial charge is 0.293 e. The maximum Gasteiger partial charge on any atom is 0.293 e. The van der Waals surface area contributed by atoms with E-state index in [-0.39, 0.29) is 17.2 Å². The third kappa shape index (κ3) is 4.58. The van der Waals surface area contributed by atoms with Crippen molar-refractivity contribution in [2.45, 2.75) is 6.54 Å². The van der Waals surface area contributed by atoms with Gasteiger partial charge in [0.05, 0.1) is 12.0 Å². The lowest BCUT2D eigenvalue weighted by molar-refractivity contribution is -0.384. The monoisotopic (exact) mass is 384 g/mol. The van der Waals surface area contributed by atoms with E-state index < -0.39 is 4.92 Å². The minimum Gasteiger partial charge on any atom is -0.497 e. The van der Waals surface area contributed by atoms with E-state index in [2.05, 4.69) is 10.2 Å². The summed E-state index contributed by atoms with van der Waals surface area (Å²) in [7, 11) is 3.62. The van der Waals surface area contributed by atoms with Gasteiger partial charge in [0.1, 0.15) is 11.4 Å². The van der Waals surface area contributed by atoms with Crippen molar-refractivity contribution in [1.82, 2.24) is 10.2 Å². The number of nitro groups is 1. The molecule has 8 heteroatoms. The van der Waals surface area contributed by atoms with Gasteiger partial charge in [-0.1, -0.05) is 12.1 Å². The van der Waals surface area contributed by atoms with Crippen molar-refractivity contribution in [1.29, 1.82) is 0 Å². The van der Waals surface area contributed by atoms with Gasteiger partial charge in [-0.15, -0.1) is 0 Å². The summed E-state index contributed by atoms with van der Waals surface area (Å²) in [5.74, 6) is 0.397. The van der Waals surface area contributed by atoms with Crippen LogP contribution in [0.2, 0.25) is 0 Å². The molecule has 8 nitrogen and oxygen atoms in total. The van der Waals surface area contributed by atoms with Gasteiger partial charge >= 0.3 is 0 Å². The number of piperazine rings is 1. The molecule has 0 saturated carbocycles. The van der Waals surface area contributed by atoms with Crippen LogP contribution in [0, 0.1) is 10.1 Å². The Bertz CT molecular complexity index is 846. The Hall–Kier alpha value is -3.13. The topological polar surface area (TPSA) is 88.0 Å². The molecule has 0 aliphatic carbocycles. The molecule has 0 atom stereocenters. The summed E-state index contributed by atoms with van der Waals surface area (Å²) in [6, 6.07) is 12.0. The second-order valence-corrected chi connectivity index (χ2v) is 6.78. The van der Waals surface area contributed by atoms with Crippen molar-refractivity contribution in [3.63, 3.8) is 0 Å². The number of carbonyl (C=O) groups is 1. The van der Waals surface area contributed by atoms with Gasteiger partial charge in [-0.3, -0.25) is 14.9 Å². The van der Waals surface area contributed by atoms with Crippen molar-refractivity contribution in [3.05, 3.63) is 63.7 Å². The normalized spacial score (nSPS) is 14.6. The molecular weight excluding hydrogens is 360 g/mol. The molecule has 3 rings (SSSR count). The van der Waals surface area contributed by atoms with E-state index in [0.29, 0.717) is 12.2 Å². The Kier molecular flexibility index (Phi) is 6.10. The Morgan fingerprint density at radius 2 is 1.82 bits per heavy atom. The quantitative estimate of drug-likeness (QED) is 0.607. The molecule has 1 fully saturated rings. The predicted octanol–water partition coefficient (Wildman–Crippen LogP) is 2.29. The number of nitro benzene ring substituents is 1. The molecule has 0 unspecified atom stereocenters. The third-order valence-corrected chi connectivity index (χ3v) is 4.89. The van der Waals surface area contributed by atoms with Crippen LogP contribution in [0.25, 0.3) is 0 Å². The molecule has 0 radical (unpaired) electrons.